The molecule has 5 N–H and O–H groups in total. The number of nitrogen functional groups attached to an aromatic ring is 2. The molecule has 2 aromatic carbocycles. The van der Waals surface area contributed by atoms with Gasteiger partial charge in [0.2, 0.25) is 0 Å². The molecule has 0 atom stereocenters. The Labute approximate surface area is 184 Å². The van der Waals surface area contributed by atoms with Crippen LogP contribution in [0.1, 0.15) is 15.9 Å². The van der Waals surface area contributed by atoms with Gasteiger partial charge in [0, 0.05) is 31.4 Å². The fraction of sp³-hybridized carbons (Fsp3) is 0.133. The summed E-state index contributed by atoms with van der Waals surface area (Å²) in [6.45, 7) is -0.00866. The van der Waals surface area contributed by atoms with Gasteiger partial charge in [0.05, 0.1) is 11.9 Å². The molecule has 2 rings (SSSR count). The molecular formula is C15H16Br2Cl2MnN2O4. The summed E-state index contributed by atoms with van der Waals surface area (Å²) in [6, 6.07) is 10.6. The maximum absolute atomic E-state index is 10.3. The summed E-state index contributed by atoms with van der Waals surface area (Å²) in [5, 5.41) is 8.94. The Morgan fingerprint density at radius 1 is 1.00 bits per heavy atom. The number of nitrogens with two attached hydrogens (primary N) is 2. The molecule has 0 amide bonds. The molecule has 2 aromatic rings. The van der Waals surface area contributed by atoms with E-state index in [1.165, 1.54) is 0 Å². The van der Waals surface area contributed by atoms with Gasteiger partial charge < -0.3 is 16.6 Å². The molecule has 0 fully saturated rings. The first-order valence-corrected chi connectivity index (χ1v) is 10.1. The Hall–Kier alpha value is -0.671. The average Bonchev–Trinajstić information content (AvgIpc) is 2.61. The molecule has 26 heavy (non-hydrogen) atoms. The van der Waals surface area contributed by atoms with E-state index in [1.54, 1.807) is 30.3 Å². The van der Waals surface area contributed by atoms with Crippen LogP contribution >= 0.6 is 55.1 Å². The fourth-order valence-electron chi connectivity index (χ4n) is 1.36. The zero-order valence-corrected chi connectivity index (χ0v) is 19.0. The number of hydrogen-bond donors (Lipinski definition) is 3. The number of aliphatic hydroxyl groups is 1. The number of anilines is 2. The predicted molar refractivity (Wildman–Crippen MR) is 106 cm³/mol. The number of halogens is 4. The topological polar surface area (TPSA) is 123 Å². The van der Waals surface area contributed by atoms with Gasteiger partial charge in [-0.1, -0.05) is 31.9 Å². The summed E-state index contributed by atoms with van der Waals surface area (Å²) in [7, 11) is 0. The average molecular weight is 574 g/mol. The molecule has 0 heterocycles. The van der Waals surface area contributed by atoms with Crippen molar-refractivity contribution in [3.63, 3.8) is 0 Å². The Bertz CT molecular complexity index is 718. The van der Waals surface area contributed by atoms with Crippen molar-refractivity contribution in [1.29, 1.82) is 0 Å². The summed E-state index contributed by atoms with van der Waals surface area (Å²) >= 11 is 14.6. The predicted octanol–water partition coefficient (Wildman–Crippen LogP) is 4.55. The van der Waals surface area contributed by atoms with Gasteiger partial charge >= 0.3 is 22.5 Å². The van der Waals surface area contributed by atoms with Crippen LogP contribution < -0.4 is 11.5 Å². The van der Waals surface area contributed by atoms with Crippen molar-refractivity contribution >= 4 is 72.7 Å². The number of carbonyl (C=O) groups is 1. The second-order valence-corrected chi connectivity index (χ2v) is 6.89. The van der Waals surface area contributed by atoms with E-state index in [2.05, 4.69) is 31.9 Å². The summed E-state index contributed by atoms with van der Waals surface area (Å²) in [5.41, 5.74) is 13.4. The molecule has 0 saturated carbocycles. The van der Waals surface area contributed by atoms with E-state index < -0.39 is 14.8 Å². The van der Waals surface area contributed by atoms with Crippen molar-refractivity contribution in [3.05, 3.63) is 56.5 Å². The molecule has 0 saturated heterocycles. The first kappa shape index (κ1) is 27.5. The van der Waals surface area contributed by atoms with Crippen molar-refractivity contribution in [2.45, 2.75) is 6.61 Å². The number of carbonyl (C=O) groups excluding carboxylic acids is 1. The monoisotopic (exact) mass is 571 g/mol. The Morgan fingerprint density at radius 2 is 1.42 bits per heavy atom. The Balaban J connectivity index is 0. The Kier molecular flexibility index (Phi) is 18.8. The van der Waals surface area contributed by atoms with E-state index >= 15 is 0 Å². The first-order chi connectivity index (χ1) is 12.3. The van der Waals surface area contributed by atoms with Gasteiger partial charge in [-0.3, -0.25) is 4.79 Å². The molecule has 0 aliphatic rings. The normalized spacial score (nSPS) is 8.50. The minimum absolute atomic E-state index is 0.00866. The van der Waals surface area contributed by atoms with Crippen LogP contribution in [0, 0.1) is 0 Å². The molecule has 0 aliphatic heterocycles. The third-order valence-electron chi connectivity index (χ3n) is 2.45. The van der Waals surface area contributed by atoms with E-state index in [-0.39, 0.29) is 11.9 Å². The molecule has 145 valence electrons. The van der Waals surface area contributed by atoms with E-state index in [0.717, 1.165) is 20.8 Å². The molecule has 0 unspecified atom stereocenters. The summed E-state index contributed by atoms with van der Waals surface area (Å²) in [6.07, 6.45) is 0.736. The van der Waals surface area contributed by atoms with Gasteiger partial charge in [0.15, 0.2) is 6.29 Å². The summed E-state index contributed by atoms with van der Waals surface area (Å²) in [4.78, 5) is 10.3. The molecular weight excluding hydrogens is 558 g/mol. The molecule has 0 aromatic heterocycles. The summed E-state index contributed by atoms with van der Waals surface area (Å²) in [5.74, 6) is 0. The zero-order chi connectivity index (χ0) is 20.5. The van der Waals surface area contributed by atoms with Crippen LogP contribution in [0.4, 0.5) is 11.4 Å². The maximum atomic E-state index is 10.3. The summed E-state index contributed by atoms with van der Waals surface area (Å²) < 4.78 is 18.6. The first-order valence-electron chi connectivity index (χ1n) is 6.47. The minimum atomic E-state index is -1.44. The second kappa shape index (κ2) is 17.7. The van der Waals surface area contributed by atoms with Crippen LogP contribution in [0.25, 0.3) is 0 Å². The third kappa shape index (κ3) is 13.5. The molecule has 11 heteroatoms. The van der Waals surface area contributed by atoms with Crippen LogP contribution in [0.5, 0.6) is 0 Å². The Morgan fingerprint density at radius 3 is 1.77 bits per heavy atom. The van der Waals surface area contributed by atoms with Crippen LogP contribution in [0.2, 0.25) is 0 Å². The molecule has 0 spiro atoms. The molecule has 0 bridgehead atoms. The van der Waals surface area contributed by atoms with Crippen molar-refractivity contribution in [2.75, 3.05) is 16.8 Å². The van der Waals surface area contributed by atoms with Gasteiger partial charge in [0.25, 0.3) is 0 Å². The van der Waals surface area contributed by atoms with Gasteiger partial charge in [-0.25, -0.2) is 0 Å². The SMILES string of the molecule is ClCCl.Nc1ccc(Br)cc1C=O.Nc1ccc(Br)cc1CO.[O]=[Mn]=[O]. The zero-order valence-electron chi connectivity index (χ0n) is 13.2. The number of alkyl halides is 2. The molecule has 0 aliphatic carbocycles. The van der Waals surface area contributed by atoms with Gasteiger partial charge in [-0.2, -0.15) is 0 Å². The van der Waals surface area contributed by atoms with Gasteiger partial charge in [-0.05, 0) is 36.4 Å². The fourth-order valence-corrected chi connectivity index (χ4v) is 2.15. The van der Waals surface area contributed by atoms with Crippen molar-refractivity contribution in [1.82, 2.24) is 0 Å². The van der Waals surface area contributed by atoms with E-state index in [0.29, 0.717) is 16.9 Å². The molecule has 6 nitrogen and oxygen atoms in total. The van der Waals surface area contributed by atoms with Crippen molar-refractivity contribution in [2.24, 2.45) is 0 Å². The van der Waals surface area contributed by atoms with Crippen LogP contribution in [-0.4, -0.2) is 16.7 Å². The number of benzene rings is 2. The van der Waals surface area contributed by atoms with Crippen molar-refractivity contribution in [3.8, 4) is 0 Å². The standard InChI is InChI=1S/C7H8BrNO.C7H6BrNO.CH2Cl2.Mn.2O/c2*8-6-1-2-7(9)5(3-6)4-10;2-1-3;;;/h1-3,10H,4,9H2;1-4H,9H2;1H2;;;. The number of rotatable bonds is 2. The van der Waals surface area contributed by atoms with Gasteiger partial charge in [-0.15, -0.1) is 23.2 Å². The number of aliphatic hydroxyl groups excluding tert-OH is 1. The quantitative estimate of drug-likeness (QED) is 0.210. The van der Waals surface area contributed by atoms with Crippen LogP contribution in [0.15, 0.2) is 45.3 Å². The number of hydrogen-bond acceptors (Lipinski definition) is 6. The van der Waals surface area contributed by atoms with Crippen LogP contribution in [-0.2, 0) is 29.1 Å². The van der Waals surface area contributed by atoms with Gasteiger partial charge in [0.1, 0.15) is 0 Å². The van der Waals surface area contributed by atoms with Crippen LogP contribution in [0.3, 0.4) is 0 Å². The number of aldehydes is 1. The van der Waals surface area contributed by atoms with E-state index in [4.69, 9.17) is 47.4 Å². The third-order valence-corrected chi connectivity index (χ3v) is 3.44. The second-order valence-electron chi connectivity index (χ2n) is 4.06. The van der Waals surface area contributed by atoms with Crippen molar-refractivity contribution < 1.29 is 32.4 Å². The van der Waals surface area contributed by atoms with E-state index in [9.17, 15) is 4.79 Å². The molecule has 0 radical (unpaired) electrons. The van der Waals surface area contributed by atoms with E-state index in [1.807, 2.05) is 6.07 Å².